The first-order valence-corrected chi connectivity index (χ1v) is 18.9. The lowest BCUT2D eigenvalue weighted by molar-refractivity contribution is 0.587. The van der Waals surface area contributed by atoms with Crippen molar-refractivity contribution >= 4 is 24.3 Å². The lowest BCUT2D eigenvalue weighted by Crippen LogP contribution is -2.15. The fraction of sp³-hybridized carbons (Fsp3) is 0.440. The highest BCUT2D eigenvalue weighted by atomic mass is 14.3. The Balaban J connectivity index is 1.89. The summed E-state index contributed by atoms with van der Waals surface area (Å²) in [5, 5.41) is 0. The maximum absolute atomic E-state index is 2.48. The molecular formula is C50H64. The molecule has 0 saturated carbocycles. The third-order valence-electron chi connectivity index (χ3n) is 11.3. The third kappa shape index (κ3) is 7.96. The van der Waals surface area contributed by atoms with E-state index in [4.69, 9.17) is 0 Å². The zero-order chi connectivity index (χ0) is 37.1. The van der Waals surface area contributed by atoms with Gasteiger partial charge in [0.15, 0.2) is 0 Å². The Labute approximate surface area is 306 Å². The SMILES string of the molecule is Cc1c2cc(C(C)(C)C)cc1Cc1cc(C(C)(C)C)cc(c1C)/C=C/c1cc(C(C)(C)C)cc(c1C)Cc1cc(C(C)(C)C)cc(c1C)/C=C/2. The molecule has 0 saturated heterocycles. The van der Waals surface area contributed by atoms with E-state index in [9.17, 15) is 0 Å². The van der Waals surface area contributed by atoms with Crippen molar-refractivity contribution in [3.05, 3.63) is 138 Å². The summed E-state index contributed by atoms with van der Waals surface area (Å²) >= 11 is 0. The van der Waals surface area contributed by atoms with Gasteiger partial charge in [-0.3, -0.25) is 0 Å². The van der Waals surface area contributed by atoms with E-state index in [2.05, 4.69) is 184 Å². The van der Waals surface area contributed by atoms with E-state index in [0.29, 0.717) is 0 Å². The minimum absolute atomic E-state index is 0.0456. The second-order valence-corrected chi connectivity index (χ2v) is 19.4. The molecule has 0 heterocycles. The van der Waals surface area contributed by atoms with Crippen LogP contribution in [0.4, 0.5) is 0 Å². The maximum atomic E-state index is 2.48. The Morgan fingerprint density at radius 3 is 0.640 bits per heavy atom. The number of rotatable bonds is 0. The summed E-state index contributed by atoms with van der Waals surface area (Å²) in [6, 6.07) is 19.7. The smallest absolute Gasteiger partial charge is 0.00199 e. The second kappa shape index (κ2) is 13.2. The van der Waals surface area contributed by atoms with Crippen molar-refractivity contribution in [3.8, 4) is 0 Å². The zero-order valence-corrected chi connectivity index (χ0v) is 34.3. The van der Waals surface area contributed by atoms with Crippen LogP contribution in [-0.2, 0) is 34.5 Å². The maximum Gasteiger partial charge on any atom is -0.00199 e. The van der Waals surface area contributed by atoms with Crippen LogP contribution in [0.2, 0.25) is 0 Å². The fourth-order valence-electron chi connectivity index (χ4n) is 7.12. The van der Waals surface area contributed by atoms with Gasteiger partial charge in [-0.2, -0.15) is 0 Å². The number of fused-ring (bicyclic) bond motifs is 8. The summed E-state index contributed by atoms with van der Waals surface area (Å²) < 4.78 is 0. The lowest BCUT2D eigenvalue weighted by atomic mass is 9.79. The van der Waals surface area contributed by atoms with Gasteiger partial charge in [0.2, 0.25) is 0 Å². The molecule has 4 aromatic rings. The van der Waals surface area contributed by atoms with Gasteiger partial charge >= 0.3 is 0 Å². The first-order valence-electron chi connectivity index (χ1n) is 18.9. The Morgan fingerprint density at radius 1 is 0.300 bits per heavy atom. The highest BCUT2D eigenvalue weighted by Gasteiger charge is 2.23. The van der Waals surface area contributed by atoms with Crippen LogP contribution in [0.1, 0.15) is 172 Å². The molecule has 264 valence electrons. The van der Waals surface area contributed by atoms with Gasteiger partial charge in [0.25, 0.3) is 0 Å². The molecule has 5 rings (SSSR count). The molecule has 0 atom stereocenters. The van der Waals surface area contributed by atoms with Crippen LogP contribution in [0.3, 0.4) is 0 Å². The van der Waals surface area contributed by atoms with Crippen molar-refractivity contribution in [1.29, 1.82) is 0 Å². The monoisotopic (exact) mass is 665 g/mol. The van der Waals surface area contributed by atoms with E-state index >= 15 is 0 Å². The summed E-state index contributed by atoms with van der Waals surface area (Å²) in [5.41, 5.74) is 22.2. The number of hydrogen-bond donors (Lipinski definition) is 0. The number of benzene rings is 4. The van der Waals surface area contributed by atoms with E-state index < -0.39 is 0 Å². The van der Waals surface area contributed by atoms with Gasteiger partial charge in [0.1, 0.15) is 0 Å². The minimum atomic E-state index is 0.0456. The normalized spacial score (nSPS) is 15.4. The molecule has 0 aromatic heterocycles. The Hall–Kier alpha value is -3.64. The van der Waals surface area contributed by atoms with Gasteiger partial charge in [0.05, 0.1) is 0 Å². The van der Waals surface area contributed by atoms with Gasteiger partial charge in [-0.15, -0.1) is 0 Å². The molecule has 0 fully saturated rings. The van der Waals surface area contributed by atoms with Gasteiger partial charge in [0, 0.05) is 0 Å². The Bertz CT molecular complexity index is 1700. The molecule has 0 amide bonds. The molecule has 0 aliphatic heterocycles. The zero-order valence-electron chi connectivity index (χ0n) is 34.3. The molecule has 0 heteroatoms. The van der Waals surface area contributed by atoms with Crippen LogP contribution in [-0.4, -0.2) is 0 Å². The molecule has 8 bridgehead atoms. The third-order valence-corrected chi connectivity index (χ3v) is 11.3. The predicted molar refractivity (Wildman–Crippen MR) is 223 cm³/mol. The van der Waals surface area contributed by atoms with Crippen LogP contribution >= 0.6 is 0 Å². The van der Waals surface area contributed by atoms with Crippen molar-refractivity contribution < 1.29 is 0 Å². The molecule has 0 spiro atoms. The van der Waals surface area contributed by atoms with Crippen LogP contribution in [0.15, 0.2) is 48.5 Å². The summed E-state index contributed by atoms with van der Waals surface area (Å²) in [4.78, 5) is 0. The second-order valence-electron chi connectivity index (χ2n) is 19.4. The molecule has 0 nitrogen and oxygen atoms in total. The van der Waals surface area contributed by atoms with Crippen molar-refractivity contribution in [2.45, 2.75) is 145 Å². The van der Waals surface area contributed by atoms with Gasteiger partial charge in [-0.25, -0.2) is 0 Å². The molecule has 0 unspecified atom stereocenters. The number of hydrogen-bond acceptors (Lipinski definition) is 0. The molecule has 1 aliphatic carbocycles. The topological polar surface area (TPSA) is 0 Å². The van der Waals surface area contributed by atoms with E-state index in [1.54, 1.807) is 0 Å². The first kappa shape index (κ1) is 37.6. The van der Waals surface area contributed by atoms with Crippen LogP contribution < -0.4 is 0 Å². The van der Waals surface area contributed by atoms with Crippen LogP contribution in [0.25, 0.3) is 24.3 Å². The van der Waals surface area contributed by atoms with E-state index in [1.807, 2.05) is 0 Å². The van der Waals surface area contributed by atoms with Crippen molar-refractivity contribution in [2.24, 2.45) is 0 Å². The quantitative estimate of drug-likeness (QED) is 0.155. The average Bonchev–Trinajstić information content (AvgIpc) is 2.98. The van der Waals surface area contributed by atoms with Crippen molar-refractivity contribution in [1.82, 2.24) is 0 Å². The predicted octanol–water partition coefficient (Wildman–Crippen LogP) is 13.9. The van der Waals surface area contributed by atoms with E-state index in [-0.39, 0.29) is 21.7 Å². The molecular weight excluding hydrogens is 601 g/mol. The molecule has 50 heavy (non-hydrogen) atoms. The van der Waals surface area contributed by atoms with Gasteiger partial charge in [-0.05, 0) is 151 Å². The van der Waals surface area contributed by atoms with Crippen LogP contribution in [0, 0.1) is 27.7 Å². The van der Waals surface area contributed by atoms with Gasteiger partial charge < -0.3 is 0 Å². The van der Waals surface area contributed by atoms with Crippen LogP contribution in [0.5, 0.6) is 0 Å². The highest BCUT2D eigenvalue weighted by Crippen LogP contribution is 2.36. The minimum Gasteiger partial charge on any atom is -0.0561 e. The first-order chi connectivity index (χ1) is 22.9. The van der Waals surface area contributed by atoms with Crippen molar-refractivity contribution in [2.75, 3.05) is 0 Å². The lowest BCUT2D eigenvalue weighted by Gasteiger charge is -2.26. The standard InChI is InChI=1S/C50H64/c1-31-35-17-18-36-24-45(49(11,12)13)29-41(33(36)3)22-42-30-46(50(14,15)16)26-38(34(42)4)20-19-37-25-44(48(8,9)10)28-40(32(37)2)21-39(31)27-43(23-35)47(5,6)7/h17-20,23-30H,21-22H2,1-16H3/b18-17+,20-19+. The molecule has 0 N–H and O–H groups in total. The fourth-order valence-corrected chi connectivity index (χ4v) is 7.12. The molecule has 0 radical (unpaired) electrons. The summed E-state index contributed by atoms with van der Waals surface area (Å²) in [5.74, 6) is 0. The summed E-state index contributed by atoms with van der Waals surface area (Å²) in [6.07, 6.45) is 11.4. The molecule has 4 aromatic carbocycles. The average molecular weight is 665 g/mol. The van der Waals surface area contributed by atoms with E-state index in [0.717, 1.165) is 12.8 Å². The Morgan fingerprint density at radius 2 is 0.480 bits per heavy atom. The largest absolute Gasteiger partial charge is 0.0561 e. The van der Waals surface area contributed by atoms with E-state index in [1.165, 1.54) is 89.0 Å². The van der Waals surface area contributed by atoms with Gasteiger partial charge in [-0.1, -0.05) is 156 Å². The van der Waals surface area contributed by atoms with Crippen molar-refractivity contribution in [3.63, 3.8) is 0 Å². The Kier molecular flexibility index (Phi) is 9.90. The highest BCUT2D eigenvalue weighted by molar-refractivity contribution is 5.77. The molecule has 1 aliphatic rings. The summed E-state index contributed by atoms with van der Waals surface area (Å²) in [6.45, 7) is 37.4. The summed E-state index contributed by atoms with van der Waals surface area (Å²) in [7, 11) is 0.